The van der Waals surface area contributed by atoms with Gasteiger partial charge in [0.05, 0.1) is 12.2 Å². The average molecular weight is 348 g/mol. The number of hydrogen-bond acceptors (Lipinski definition) is 3. The smallest absolute Gasteiger partial charge is 0.244 e. The van der Waals surface area contributed by atoms with E-state index in [9.17, 15) is 9.59 Å². The molecule has 0 fully saturated rings. The summed E-state index contributed by atoms with van der Waals surface area (Å²) >= 11 is 0. The first-order valence-electron chi connectivity index (χ1n) is 8.28. The molecule has 6 nitrogen and oxygen atoms in total. The van der Waals surface area contributed by atoms with Gasteiger partial charge in [0.1, 0.15) is 5.65 Å². The van der Waals surface area contributed by atoms with Gasteiger partial charge in [-0.1, -0.05) is 18.2 Å². The second-order valence-corrected chi connectivity index (χ2v) is 6.01. The molecule has 3 aromatic rings. The summed E-state index contributed by atoms with van der Waals surface area (Å²) in [4.78, 5) is 27.5. The first kappa shape index (κ1) is 17.4. The summed E-state index contributed by atoms with van der Waals surface area (Å²) in [5.74, 6) is -0.306. The molecule has 2 N–H and O–H groups in total. The third-order valence-corrected chi connectivity index (χ3v) is 3.83. The van der Waals surface area contributed by atoms with Crippen LogP contribution in [0.3, 0.4) is 0 Å². The van der Waals surface area contributed by atoms with Crippen molar-refractivity contribution in [1.82, 2.24) is 14.7 Å². The molecule has 0 aliphatic rings. The Kier molecular flexibility index (Phi) is 5.12. The van der Waals surface area contributed by atoms with Crippen LogP contribution in [-0.4, -0.2) is 21.2 Å². The Labute approximate surface area is 151 Å². The molecule has 132 valence electrons. The van der Waals surface area contributed by atoms with E-state index < -0.39 is 0 Å². The van der Waals surface area contributed by atoms with Gasteiger partial charge < -0.3 is 15.0 Å². The van der Waals surface area contributed by atoms with Crippen LogP contribution in [0.4, 0.5) is 5.69 Å². The number of pyridine rings is 1. The van der Waals surface area contributed by atoms with Gasteiger partial charge >= 0.3 is 0 Å². The molecule has 2 aromatic heterocycles. The number of anilines is 1. The SMILES string of the molecule is CC(=O)Nc1ccc(/C=C\C(=O)NCc2cn3cccc(C)c3n2)cc1. The summed E-state index contributed by atoms with van der Waals surface area (Å²) in [6.07, 6.45) is 7.05. The number of imidazole rings is 1. The molecule has 0 saturated carbocycles. The van der Waals surface area contributed by atoms with Crippen LogP contribution >= 0.6 is 0 Å². The van der Waals surface area contributed by atoms with Crippen molar-refractivity contribution in [1.29, 1.82) is 0 Å². The fourth-order valence-electron chi connectivity index (χ4n) is 2.58. The number of fused-ring (bicyclic) bond motifs is 1. The molecule has 0 bridgehead atoms. The van der Waals surface area contributed by atoms with E-state index in [4.69, 9.17) is 0 Å². The van der Waals surface area contributed by atoms with E-state index in [2.05, 4.69) is 15.6 Å². The van der Waals surface area contributed by atoms with Crippen molar-refractivity contribution in [3.8, 4) is 0 Å². The second kappa shape index (κ2) is 7.65. The van der Waals surface area contributed by atoms with Crippen molar-refractivity contribution in [2.75, 3.05) is 5.32 Å². The number of aromatic nitrogens is 2. The predicted molar refractivity (Wildman–Crippen MR) is 102 cm³/mol. The maximum absolute atomic E-state index is 12.0. The van der Waals surface area contributed by atoms with Crippen molar-refractivity contribution in [3.05, 3.63) is 71.7 Å². The van der Waals surface area contributed by atoms with Gasteiger partial charge in [-0.15, -0.1) is 0 Å². The number of nitrogens with one attached hydrogen (secondary N) is 2. The van der Waals surface area contributed by atoms with E-state index in [0.29, 0.717) is 6.54 Å². The van der Waals surface area contributed by atoms with Crippen molar-refractivity contribution < 1.29 is 9.59 Å². The highest BCUT2D eigenvalue weighted by Gasteiger charge is 2.04. The quantitative estimate of drug-likeness (QED) is 0.696. The summed E-state index contributed by atoms with van der Waals surface area (Å²) in [6, 6.07) is 11.2. The van der Waals surface area contributed by atoms with Crippen molar-refractivity contribution in [2.24, 2.45) is 0 Å². The Balaban J connectivity index is 1.57. The number of aryl methyl sites for hydroxylation is 1. The van der Waals surface area contributed by atoms with E-state index in [-0.39, 0.29) is 11.8 Å². The standard InChI is InChI=1S/C20H20N4O2/c1-14-4-3-11-24-13-18(23-20(14)24)12-21-19(26)10-7-16-5-8-17(9-6-16)22-15(2)25/h3-11,13H,12H2,1-2H3,(H,21,26)(H,22,25)/b10-7-. The number of carbonyl (C=O) groups is 2. The zero-order valence-corrected chi connectivity index (χ0v) is 14.7. The Morgan fingerprint density at radius 3 is 2.65 bits per heavy atom. The van der Waals surface area contributed by atoms with Crippen LogP contribution in [0.1, 0.15) is 23.7 Å². The second-order valence-electron chi connectivity index (χ2n) is 6.01. The van der Waals surface area contributed by atoms with Crippen LogP contribution in [0.5, 0.6) is 0 Å². The third-order valence-electron chi connectivity index (χ3n) is 3.83. The van der Waals surface area contributed by atoms with E-state index in [1.165, 1.54) is 13.0 Å². The Morgan fingerprint density at radius 1 is 1.19 bits per heavy atom. The van der Waals surface area contributed by atoms with E-state index >= 15 is 0 Å². The molecule has 2 heterocycles. The average Bonchev–Trinajstić information content (AvgIpc) is 3.03. The van der Waals surface area contributed by atoms with E-state index in [1.54, 1.807) is 18.2 Å². The first-order chi connectivity index (χ1) is 12.5. The summed E-state index contributed by atoms with van der Waals surface area (Å²) in [5, 5.41) is 5.53. The molecule has 0 atom stereocenters. The highest BCUT2D eigenvalue weighted by atomic mass is 16.2. The molecule has 1 aromatic carbocycles. The fraction of sp³-hybridized carbons (Fsp3) is 0.150. The monoisotopic (exact) mass is 348 g/mol. The zero-order chi connectivity index (χ0) is 18.5. The topological polar surface area (TPSA) is 75.5 Å². The van der Waals surface area contributed by atoms with Gasteiger partial charge in [0, 0.05) is 31.1 Å². The number of benzene rings is 1. The van der Waals surface area contributed by atoms with Crippen molar-refractivity contribution in [2.45, 2.75) is 20.4 Å². The molecule has 0 saturated heterocycles. The van der Waals surface area contributed by atoms with Crippen molar-refractivity contribution in [3.63, 3.8) is 0 Å². The first-order valence-corrected chi connectivity index (χ1v) is 8.28. The molecule has 0 aliphatic carbocycles. The van der Waals surface area contributed by atoms with Crippen LogP contribution in [0, 0.1) is 6.92 Å². The van der Waals surface area contributed by atoms with Gasteiger partial charge in [0.25, 0.3) is 0 Å². The molecule has 0 unspecified atom stereocenters. The molecule has 3 rings (SSSR count). The molecular weight excluding hydrogens is 328 g/mol. The van der Waals surface area contributed by atoms with Crippen LogP contribution in [0.15, 0.2) is 54.9 Å². The summed E-state index contributed by atoms with van der Waals surface area (Å²) in [6.45, 7) is 3.83. The minimum atomic E-state index is -0.190. The Morgan fingerprint density at radius 2 is 1.96 bits per heavy atom. The van der Waals surface area contributed by atoms with Gasteiger partial charge in [-0.2, -0.15) is 0 Å². The predicted octanol–water partition coefficient (Wildman–Crippen LogP) is 2.93. The maximum Gasteiger partial charge on any atom is 0.244 e. The highest BCUT2D eigenvalue weighted by Crippen LogP contribution is 2.11. The highest BCUT2D eigenvalue weighted by molar-refractivity contribution is 5.92. The summed E-state index contributed by atoms with van der Waals surface area (Å²) in [5.41, 5.74) is 4.39. The maximum atomic E-state index is 12.0. The lowest BCUT2D eigenvalue weighted by Gasteiger charge is -2.02. The zero-order valence-electron chi connectivity index (χ0n) is 14.7. The fourth-order valence-corrected chi connectivity index (χ4v) is 2.58. The lowest BCUT2D eigenvalue weighted by molar-refractivity contribution is -0.116. The van der Waals surface area contributed by atoms with Crippen LogP contribution in [-0.2, 0) is 16.1 Å². The van der Waals surface area contributed by atoms with Gasteiger partial charge in [-0.25, -0.2) is 4.98 Å². The molecular formula is C20H20N4O2. The Bertz CT molecular complexity index is 971. The summed E-state index contributed by atoms with van der Waals surface area (Å²) in [7, 11) is 0. The van der Waals surface area contributed by atoms with Crippen LogP contribution in [0.2, 0.25) is 0 Å². The molecule has 26 heavy (non-hydrogen) atoms. The van der Waals surface area contributed by atoms with Crippen molar-refractivity contribution >= 4 is 29.2 Å². The number of carbonyl (C=O) groups excluding carboxylic acids is 2. The molecule has 6 heteroatoms. The minimum Gasteiger partial charge on any atom is -0.347 e. The van der Waals surface area contributed by atoms with Gasteiger partial charge in [-0.05, 0) is 42.3 Å². The molecule has 0 aliphatic heterocycles. The number of nitrogens with zero attached hydrogens (tertiary/aromatic N) is 2. The Hall–Kier alpha value is -3.41. The molecule has 2 amide bonds. The van der Waals surface area contributed by atoms with Crippen LogP contribution < -0.4 is 10.6 Å². The number of amides is 2. The third kappa shape index (κ3) is 4.36. The number of hydrogen-bond donors (Lipinski definition) is 2. The molecule has 0 radical (unpaired) electrons. The van der Waals surface area contributed by atoms with E-state index in [0.717, 1.165) is 28.2 Å². The number of rotatable bonds is 5. The van der Waals surface area contributed by atoms with Gasteiger partial charge in [0.15, 0.2) is 0 Å². The largest absolute Gasteiger partial charge is 0.347 e. The van der Waals surface area contributed by atoms with E-state index in [1.807, 2.05) is 48.0 Å². The summed E-state index contributed by atoms with van der Waals surface area (Å²) < 4.78 is 1.95. The normalized spacial score (nSPS) is 11.0. The molecule has 0 spiro atoms. The van der Waals surface area contributed by atoms with Gasteiger partial charge in [0.2, 0.25) is 11.8 Å². The lowest BCUT2D eigenvalue weighted by atomic mass is 10.2. The minimum absolute atomic E-state index is 0.116. The van der Waals surface area contributed by atoms with Crippen LogP contribution in [0.25, 0.3) is 11.7 Å². The lowest BCUT2D eigenvalue weighted by Crippen LogP contribution is -2.20. The van der Waals surface area contributed by atoms with Gasteiger partial charge in [-0.3, -0.25) is 9.59 Å².